The van der Waals surface area contributed by atoms with E-state index in [1.165, 1.54) is 6.20 Å². The smallest absolute Gasteiger partial charge is 0.356 e. The highest BCUT2D eigenvalue weighted by molar-refractivity contribution is 5.85. The number of nitrogens with two attached hydrogens (primary N) is 1. The first-order valence-electron chi connectivity index (χ1n) is 3.68. The maximum absolute atomic E-state index is 10.5. The first-order valence-corrected chi connectivity index (χ1v) is 3.68. The van der Waals surface area contributed by atoms with Crippen molar-refractivity contribution < 1.29 is 9.90 Å². The monoisotopic (exact) mass is 169 g/mol. The molecule has 66 valence electrons. The second kappa shape index (κ2) is 3.36. The van der Waals surface area contributed by atoms with E-state index < -0.39 is 5.97 Å². The van der Waals surface area contributed by atoms with Crippen molar-refractivity contribution in [2.75, 3.05) is 0 Å². The number of hydrogen-bond acceptors (Lipinski definition) is 3. The lowest BCUT2D eigenvalue weighted by atomic mass is 10.5. The molecule has 0 saturated carbocycles. The first-order chi connectivity index (χ1) is 5.69. The van der Waals surface area contributed by atoms with Gasteiger partial charge in [-0.1, -0.05) is 0 Å². The van der Waals surface area contributed by atoms with Gasteiger partial charge in [-0.25, -0.2) is 9.78 Å². The van der Waals surface area contributed by atoms with Gasteiger partial charge in [0, 0.05) is 12.7 Å². The maximum atomic E-state index is 10.5. The van der Waals surface area contributed by atoms with Gasteiger partial charge < -0.3 is 15.4 Å². The quantitative estimate of drug-likeness (QED) is 0.670. The summed E-state index contributed by atoms with van der Waals surface area (Å²) in [6.45, 7) is 2.86. The largest absolute Gasteiger partial charge is 0.476 e. The molecule has 0 aliphatic rings. The van der Waals surface area contributed by atoms with E-state index in [1.807, 2.05) is 6.92 Å². The first kappa shape index (κ1) is 8.73. The highest BCUT2D eigenvalue weighted by Gasteiger charge is 2.10. The van der Waals surface area contributed by atoms with E-state index in [0.717, 1.165) is 0 Å². The zero-order chi connectivity index (χ0) is 9.14. The van der Waals surface area contributed by atoms with Crippen molar-refractivity contribution >= 4 is 5.97 Å². The third-order valence-electron chi connectivity index (χ3n) is 1.60. The topological polar surface area (TPSA) is 81.1 Å². The fraction of sp³-hybridized carbons (Fsp3) is 0.429. The highest BCUT2D eigenvalue weighted by atomic mass is 16.4. The predicted octanol–water partition coefficient (Wildman–Crippen LogP) is 0.0599. The molecule has 3 N–H and O–H groups in total. The second-order valence-corrected chi connectivity index (χ2v) is 2.34. The summed E-state index contributed by atoms with van der Waals surface area (Å²) in [6, 6.07) is 0. The van der Waals surface area contributed by atoms with Crippen molar-refractivity contribution in [2.24, 2.45) is 5.73 Å². The van der Waals surface area contributed by atoms with Gasteiger partial charge in [0.05, 0.1) is 6.54 Å². The molecule has 5 heteroatoms. The summed E-state index contributed by atoms with van der Waals surface area (Å²) in [7, 11) is 0. The van der Waals surface area contributed by atoms with Crippen LogP contribution in [0, 0.1) is 0 Å². The molecule has 0 atom stereocenters. The summed E-state index contributed by atoms with van der Waals surface area (Å²) >= 11 is 0. The fourth-order valence-electron chi connectivity index (χ4n) is 0.994. The number of carboxylic acid groups (broad SMARTS) is 1. The Balaban J connectivity index is 3.05. The number of aromatic nitrogens is 2. The number of rotatable bonds is 3. The van der Waals surface area contributed by atoms with Crippen LogP contribution in [-0.2, 0) is 13.1 Å². The zero-order valence-electron chi connectivity index (χ0n) is 6.82. The SMILES string of the molecule is CCn1cc(C(=O)O)nc1CN. The molecule has 12 heavy (non-hydrogen) atoms. The Hall–Kier alpha value is -1.36. The molecule has 5 nitrogen and oxygen atoms in total. The summed E-state index contributed by atoms with van der Waals surface area (Å²) < 4.78 is 1.73. The minimum absolute atomic E-state index is 0.0531. The standard InChI is InChI=1S/C7H11N3O2/c1-2-10-4-5(7(11)12)9-6(10)3-8/h4H,2-3,8H2,1H3,(H,11,12). The van der Waals surface area contributed by atoms with Crippen LogP contribution in [0.3, 0.4) is 0 Å². The van der Waals surface area contributed by atoms with E-state index >= 15 is 0 Å². The van der Waals surface area contributed by atoms with Crippen molar-refractivity contribution in [2.45, 2.75) is 20.0 Å². The Morgan fingerprint density at radius 1 is 1.83 bits per heavy atom. The van der Waals surface area contributed by atoms with E-state index in [1.54, 1.807) is 4.57 Å². The Labute approximate surface area is 69.8 Å². The van der Waals surface area contributed by atoms with Crippen LogP contribution in [-0.4, -0.2) is 20.6 Å². The van der Waals surface area contributed by atoms with Crippen molar-refractivity contribution in [1.82, 2.24) is 9.55 Å². The van der Waals surface area contributed by atoms with Gasteiger partial charge in [0.15, 0.2) is 5.69 Å². The predicted molar refractivity (Wildman–Crippen MR) is 42.8 cm³/mol. The molecule has 0 unspecified atom stereocenters. The Morgan fingerprint density at radius 3 is 2.83 bits per heavy atom. The molecule has 0 aliphatic carbocycles. The average molecular weight is 169 g/mol. The summed E-state index contributed by atoms with van der Waals surface area (Å²) in [5, 5.41) is 8.60. The van der Waals surface area contributed by atoms with Crippen molar-refractivity contribution in [3.63, 3.8) is 0 Å². The van der Waals surface area contributed by atoms with E-state index in [-0.39, 0.29) is 12.2 Å². The second-order valence-electron chi connectivity index (χ2n) is 2.34. The number of imidazole rings is 1. The van der Waals surface area contributed by atoms with Crippen LogP contribution in [0.15, 0.2) is 6.20 Å². The molecule has 0 aliphatic heterocycles. The van der Waals surface area contributed by atoms with Crippen LogP contribution in [0.4, 0.5) is 0 Å². The molecular weight excluding hydrogens is 158 g/mol. The van der Waals surface area contributed by atoms with Gasteiger partial charge in [0.2, 0.25) is 0 Å². The fourth-order valence-corrected chi connectivity index (χ4v) is 0.994. The van der Waals surface area contributed by atoms with E-state index in [2.05, 4.69) is 4.98 Å². The number of hydrogen-bond donors (Lipinski definition) is 2. The van der Waals surface area contributed by atoms with Gasteiger partial charge >= 0.3 is 5.97 Å². The van der Waals surface area contributed by atoms with Crippen LogP contribution in [0.25, 0.3) is 0 Å². The molecule has 0 bridgehead atoms. The Morgan fingerprint density at radius 2 is 2.50 bits per heavy atom. The van der Waals surface area contributed by atoms with Gasteiger partial charge in [-0.15, -0.1) is 0 Å². The molecule has 0 radical (unpaired) electrons. The minimum atomic E-state index is -1.02. The number of carbonyl (C=O) groups is 1. The van der Waals surface area contributed by atoms with Crippen LogP contribution in [0.2, 0.25) is 0 Å². The Kier molecular flexibility index (Phi) is 2.44. The summed E-state index contributed by atoms with van der Waals surface area (Å²) in [5.41, 5.74) is 5.42. The van der Waals surface area contributed by atoms with E-state index in [0.29, 0.717) is 12.4 Å². The molecule has 0 aromatic carbocycles. The van der Waals surface area contributed by atoms with E-state index in [4.69, 9.17) is 10.8 Å². The molecular formula is C7H11N3O2. The molecule has 0 saturated heterocycles. The molecule has 1 heterocycles. The van der Waals surface area contributed by atoms with Crippen LogP contribution >= 0.6 is 0 Å². The lowest BCUT2D eigenvalue weighted by molar-refractivity contribution is 0.0691. The van der Waals surface area contributed by atoms with Crippen molar-refractivity contribution in [1.29, 1.82) is 0 Å². The summed E-state index contributed by atoms with van der Waals surface area (Å²) in [4.78, 5) is 14.3. The molecule has 0 amide bonds. The number of carboxylic acids is 1. The van der Waals surface area contributed by atoms with Gasteiger partial charge in [0.1, 0.15) is 5.82 Å². The summed E-state index contributed by atoms with van der Waals surface area (Å²) in [5.74, 6) is -0.410. The third kappa shape index (κ3) is 1.45. The van der Waals surface area contributed by atoms with E-state index in [9.17, 15) is 4.79 Å². The van der Waals surface area contributed by atoms with Gasteiger partial charge in [-0.3, -0.25) is 0 Å². The number of aryl methyl sites for hydroxylation is 1. The lowest BCUT2D eigenvalue weighted by Gasteiger charge is -1.98. The zero-order valence-corrected chi connectivity index (χ0v) is 6.82. The molecule has 0 spiro atoms. The molecule has 1 aromatic rings. The normalized spacial score (nSPS) is 10.2. The minimum Gasteiger partial charge on any atom is -0.476 e. The lowest BCUT2D eigenvalue weighted by Crippen LogP contribution is -2.06. The van der Waals surface area contributed by atoms with Gasteiger partial charge in [-0.2, -0.15) is 0 Å². The van der Waals surface area contributed by atoms with Gasteiger partial charge in [-0.05, 0) is 6.92 Å². The molecule has 0 fully saturated rings. The number of aromatic carboxylic acids is 1. The number of nitrogens with zero attached hydrogens (tertiary/aromatic N) is 2. The average Bonchev–Trinajstić information content (AvgIpc) is 2.46. The highest BCUT2D eigenvalue weighted by Crippen LogP contribution is 2.02. The van der Waals surface area contributed by atoms with Crippen LogP contribution in [0.5, 0.6) is 0 Å². The maximum Gasteiger partial charge on any atom is 0.356 e. The molecule has 1 rings (SSSR count). The Bertz CT molecular complexity index is 271. The molecule has 1 aromatic heterocycles. The van der Waals surface area contributed by atoms with Crippen LogP contribution < -0.4 is 5.73 Å². The summed E-state index contributed by atoms with van der Waals surface area (Å²) in [6.07, 6.45) is 1.49. The van der Waals surface area contributed by atoms with Crippen molar-refractivity contribution in [3.05, 3.63) is 17.7 Å². The van der Waals surface area contributed by atoms with Crippen molar-refractivity contribution in [3.8, 4) is 0 Å². The van der Waals surface area contributed by atoms with Crippen LogP contribution in [0.1, 0.15) is 23.2 Å². The third-order valence-corrected chi connectivity index (χ3v) is 1.60. The van der Waals surface area contributed by atoms with Gasteiger partial charge in [0.25, 0.3) is 0 Å².